The van der Waals surface area contributed by atoms with Crippen molar-refractivity contribution >= 4 is 28.2 Å². The molecule has 5 nitrogen and oxygen atoms in total. The lowest BCUT2D eigenvalue weighted by atomic mass is 10.2. The molecule has 0 aliphatic carbocycles. The molecular weight excluding hydrogens is 300 g/mol. The number of hydrogen-bond donors (Lipinski definition) is 2. The maximum atomic E-state index is 11.8. The fraction of sp³-hybridized carbons (Fsp3) is 0.462. The molecule has 7 heteroatoms. The number of sulfone groups is 1. The van der Waals surface area contributed by atoms with Gasteiger partial charge in [0.1, 0.15) is 0 Å². The van der Waals surface area contributed by atoms with Crippen molar-refractivity contribution < 1.29 is 13.2 Å². The lowest BCUT2D eigenvalue weighted by molar-refractivity contribution is -0.122. The van der Waals surface area contributed by atoms with Gasteiger partial charge in [-0.3, -0.25) is 4.79 Å². The molecule has 1 aliphatic heterocycles. The second-order valence-corrected chi connectivity index (χ2v) is 6.80. The first-order valence-corrected chi connectivity index (χ1v) is 8.16. The summed E-state index contributed by atoms with van der Waals surface area (Å²) in [6.45, 7) is 1.31. The van der Waals surface area contributed by atoms with Crippen molar-refractivity contribution in [2.24, 2.45) is 0 Å². The van der Waals surface area contributed by atoms with E-state index in [-0.39, 0.29) is 24.4 Å². The summed E-state index contributed by atoms with van der Waals surface area (Å²) in [5, 5.41) is 5.98. The molecule has 1 aromatic rings. The number of amides is 1. The number of nitrogens with one attached hydrogen (secondary N) is 2. The third-order valence-corrected chi connectivity index (χ3v) is 4.32. The highest BCUT2D eigenvalue weighted by atomic mass is 35.5. The van der Waals surface area contributed by atoms with Crippen molar-refractivity contribution in [1.82, 2.24) is 10.6 Å². The van der Waals surface area contributed by atoms with E-state index in [0.717, 1.165) is 24.9 Å². The molecule has 1 amide bonds. The minimum Gasteiger partial charge on any atom is -0.351 e. The van der Waals surface area contributed by atoms with Crippen molar-refractivity contribution in [2.75, 3.05) is 12.8 Å². The minimum atomic E-state index is -3.16. The average Bonchev–Trinajstić information content (AvgIpc) is 2.89. The molecule has 0 spiro atoms. The van der Waals surface area contributed by atoms with E-state index in [1.807, 2.05) is 0 Å². The first-order chi connectivity index (χ1) is 8.97. The van der Waals surface area contributed by atoms with Gasteiger partial charge in [0.2, 0.25) is 5.91 Å². The summed E-state index contributed by atoms with van der Waals surface area (Å²) in [7, 11) is -3.16. The normalized spacial score (nSPS) is 18.4. The Morgan fingerprint density at radius 3 is 2.50 bits per heavy atom. The van der Waals surface area contributed by atoms with E-state index < -0.39 is 9.84 Å². The summed E-state index contributed by atoms with van der Waals surface area (Å²) < 4.78 is 22.6. The zero-order valence-electron chi connectivity index (χ0n) is 11.3. The Morgan fingerprint density at radius 1 is 1.35 bits per heavy atom. The zero-order chi connectivity index (χ0) is 13.9. The van der Waals surface area contributed by atoms with Gasteiger partial charge in [0.15, 0.2) is 9.84 Å². The average molecular weight is 319 g/mol. The molecule has 112 valence electrons. The molecule has 1 heterocycles. The van der Waals surface area contributed by atoms with Crippen LogP contribution < -0.4 is 10.6 Å². The van der Waals surface area contributed by atoms with Crippen molar-refractivity contribution in [3.8, 4) is 0 Å². The Hall–Kier alpha value is -1.11. The van der Waals surface area contributed by atoms with Crippen LogP contribution >= 0.6 is 12.4 Å². The topological polar surface area (TPSA) is 75.3 Å². The smallest absolute Gasteiger partial charge is 0.237 e. The number of benzene rings is 1. The highest BCUT2D eigenvalue weighted by Gasteiger charge is 2.21. The summed E-state index contributed by atoms with van der Waals surface area (Å²) in [5.74, 6) is 0.00434. The van der Waals surface area contributed by atoms with Gasteiger partial charge in [-0.25, -0.2) is 8.42 Å². The molecule has 0 saturated carbocycles. The van der Waals surface area contributed by atoms with Crippen LogP contribution in [0.4, 0.5) is 0 Å². The quantitative estimate of drug-likeness (QED) is 0.864. The lowest BCUT2D eigenvalue weighted by Gasteiger charge is -2.11. The summed E-state index contributed by atoms with van der Waals surface area (Å²) in [5.41, 5.74) is 0.888. The van der Waals surface area contributed by atoms with Crippen LogP contribution in [0.15, 0.2) is 29.2 Å². The zero-order valence-corrected chi connectivity index (χ0v) is 12.9. The lowest BCUT2D eigenvalue weighted by Crippen LogP contribution is -2.39. The third kappa shape index (κ3) is 4.47. The van der Waals surface area contributed by atoms with Gasteiger partial charge >= 0.3 is 0 Å². The molecule has 1 aliphatic rings. The van der Waals surface area contributed by atoms with Gasteiger partial charge in [-0.1, -0.05) is 12.1 Å². The maximum Gasteiger partial charge on any atom is 0.237 e. The third-order valence-electron chi connectivity index (χ3n) is 3.20. The van der Waals surface area contributed by atoms with Crippen LogP contribution in [0.1, 0.15) is 18.4 Å². The molecule has 0 bridgehead atoms. The van der Waals surface area contributed by atoms with E-state index in [0.29, 0.717) is 11.4 Å². The number of carbonyl (C=O) groups excluding carboxylic acids is 1. The Balaban J connectivity index is 0.00000200. The number of carbonyl (C=O) groups is 1. The fourth-order valence-corrected chi connectivity index (χ4v) is 2.71. The summed E-state index contributed by atoms with van der Waals surface area (Å²) in [4.78, 5) is 12.1. The Kier molecular flexibility index (Phi) is 5.98. The summed E-state index contributed by atoms with van der Waals surface area (Å²) in [6.07, 6.45) is 3.08. The van der Waals surface area contributed by atoms with Crippen LogP contribution in [0.5, 0.6) is 0 Å². The molecule has 2 N–H and O–H groups in total. The standard InChI is InChI=1S/C13H18N2O3S.ClH/c1-19(17,18)11-6-4-10(5-7-11)9-15-13(16)12-3-2-8-14-12;/h4-7,12,14H,2-3,8-9H2,1H3,(H,15,16);1H. The largest absolute Gasteiger partial charge is 0.351 e. The SMILES string of the molecule is CS(=O)(=O)c1ccc(CNC(=O)C2CCCN2)cc1.Cl. The van der Waals surface area contributed by atoms with Gasteiger partial charge in [0.05, 0.1) is 10.9 Å². The summed E-state index contributed by atoms with van der Waals surface area (Å²) in [6, 6.07) is 6.47. The second-order valence-electron chi connectivity index (χ2n) is 4.78. The molecule has 1 fully saturated rings. The molecule has 20 heavy (non-hydrogen) atoms. The van der Waals surface area contributed by atoms with Gasteiger partial charge in [-0.15, -0.1) is 12.4 Å². The molecule has 1 aromatic carbocycles. The molecule has 0 radical (unpaired) electrons. The highest BCUT2D eigenvalue weighted by Crippen LogP contribution is 2.10. The van der Waals surface area contributed by atoms with Crippen LogP contribution in [-0.4, -0.2) is 33.2 Å². The minimum absolute atomic E-state index is 0. The van der Waals surface area contributed by atoms with Gasteiger partial charge in [0.25, 0.3) is 0 Å². The van der Waals surface area contributed by atoms with Crippen LogP contribution in [-0.2, 0) is 21.2 Å². The van der Waals surface area contributed by atoms with Crippen molar-refractivity contribution in [3.63, 3.8) is 0 Å². The molecule has 1 unspecified atom stereocenters. The highest BCUT2D eigenvalue weighted by molar-refractivity contribution is 7.90. The summed E-state index contributed by atoms with van der Waals surface area (Å²) >= 11 is 0. The van der Waals surface area contributed by atoms with Crippen LogP contribution in [0.2, 0.25) is 0 Å². The van der Waals surface area contributed by atoms with Gasteiger partial charge in [-0.2, -0.15) is 0 Å². The van der Waals surface area contributed by atoms with Crippen molar-refractivity contribution in [1.29, 1.82) is 0 Å². The molecule has 2 rings (SSSR count). The van der Waals surface area contributed by atoms with Gasteiger partial charge in [-0.05, 0) is 37.1 Å². The van der Waals surface area contributed by atoms with E-state index in [4.69, 9.17) is 0 Å². The predicted octanol–water partition coefficient (Wildman–Crippen LogP) is 0.880. The van der Waals surface area contributed by atoms with Crippen LogP contribution in [0.25, 0.3) is 0 Å². The molecule has 1 saturated heterocycles. The van der Waals surface area contributed by atoms with E-state index in [2.05, 4.69) is 10.6 Å². The predicted molar refractivity (Wildman–Crippen MR) is 79.7 cm³/mol. The molecular formula is C13H19ClN2O3S. The van der Waals surface area contributed by atoms with E-state index in [9.17, 15) is 13.2 Å². The van der Waals surface area contributed by atoms with Crippen molar-refractivity contribution in [3.05, 3.63) is 29.8 Å². The van der Waals surface area contributed by atoms with Crippen LogP contribution in [0.3, 0.4) is 0 Å². The number of rotatable bonds is 4. The fourth-order valence-electron chi connectivity index (χ4n) is 2.08. The van der Waals surface area contributed by atoms with Gasteiger partial charge < -0.3 is 10.6 Å². The second kappa shape index (κ2) is 7.06. The Bertz CT molecular complexity index is 551. The van der Waals surface area contributed by atoms with Gasteiger partial charge in [0, 0.05) is 12.8 Å². The molecule has 1 atom stereocenters. The first-order valence-electron chi connectivity index (χ1n) is 6.27. The monoisotopic (exact) mass is 318 g/mol. The Morgan fingerprint density at radius 2 is 2.00 bits per heavy atom. The number of hydrogen-bond acceptors (Lipinski definition) is 4. The first kappa shape index (κ1) is 16.9. The van der Waals surface area contributed by atoms with Crippen LogP contribution in [0, 0.1) is 0 Å². The number of halogens is 1. The van der Waals surface area contributed by atoms with E-state index in [1.54, 1.807) is 24.3 Å². The van der Waals surface area contributed by atoms with E-state index >= 15 is 0 Å². The Labute approximate surface area is 125 Å². The van der Waals surface area contributed by atoms with E-state index in [1.165, 1.54) is 6.26 Å². The maximum absolute atomic E-state index is 11.8. The van der Waals surface area contributed by atoms with Crippen molar-refractivity contribution in [2.45, 2.75) is 30.3 Å². The molecule has 0 aromatic heterocycles.